The number of hydrogen-bond donors (Lipinski definition) is 2. The third-order valence-electron chi connectivity index (χ3n) is 4.11. The van der Waals surface area contributed by atoms with Gasteiger partial charge in [-0.15, -0.1) is 0 Å². The Hall–Kier alpha value is -3.55. The molecule has 0 bridgehead atoms. The molecule has 0 aliphatic heterocycles. The van der Waals surface area contributed by atoms with Crippen molar-refractivity contribution in [1.82, 2.24) is 0 Å². The minimum Gasteiger partial charge on any atom is -0.493 e. The van der Waals surface area contributed by atoms with Crippen LogP contribution >= 0.6 is 0 Å². The van der Waals surface area contributed by atoms with E-state index in [1.165, 1.54) is 33.0 Å². The second-order valence-electron chi connectivity index (χ2n) is 6.27. The van der Waals surface area contributed by atoms with E-state index in [1.807, 2.05) is 0 Å². The summed E-state index contributed by atoms with van der Waals surface area (Å²) in [7, 11) is 3.06. The molecule has 154 valence electrons. The van der Waals surface area contributed by atoms with Crippen molar-refractivity contribution in [3.63, 3.8) is 0 Å². The van der Waals surface area contributed by atoms with Crippen LogP contribution in [-0.2, 0) is 14.4 Å². The SMILES string of the molecule is COc1ccc(NC(=O)CCN(C(C)=O)c2ccc(NC(C)=O)cc2)cc1OC. The number of nitrogens with zero attached hydrogens (tertiary/aromatic N) is 1. The maximum Gasteiger partial charge on any atom is 0.226 e. The standard InChI is InChI=1S/C21H25N3O5/c1-14(25)22-16-5-8-18(9-6-16)24(15(2)26)12-11-21(27)23-17-7-10-19(28-3)20(13-17)29-4/h5-10,13H,11-12H2,1-4H3,(H,22,25)(H,23,27). The first kappa shape index (κ1) is 21.7. The van der Waals surface area contributed by atoms with Crippen molar-refractivity contribution in [2.45, 2.75) is 20.3 Å². The molecule has 0 radical (unpaired) electrons. The van der Waals surface area contributed by atoms with Crippen LogP contribution < -0.4 is 25.0 Å². The number of ether oxygens (including phenoxy) is 2. The molecule has 8 nitrogen and oxygen atoms in total. The Balaban J connectivity index is 2.00. The average Bonchev–Trinajstić information content (AvgIpc) is 2.68. The lowest BCUT2D eigenvalue weighted by molar-refractivity contribution is -0.117. The van der Waals surface area contributed by atoms with E-state index in [-0.39, 0.29) is 30.7 Å². The summed E-state index contributed by atoms with van der Waals surface area (Å²) >= 11 is 0. The van der Waals surface area contributed by atoms with Gasteiger partial charge in [0.15, 0.2) is 11.5 Å². The van der Waals surface area contributed by atoms with Crippen LogP contribution in [0.3, 0.4) is 0 Å². The van der Waals surface area contributed by atoms with E-state index in [4.69, 9.17) is 9.47 Å². The molecule has 0 saturated heterocycles. The van der Waals surface area contributed by atoms with Gasteiger partial charge in [-0.3, -0.25) is 14.4 Å². The summed E-state index contributed by atoms with van der Waals surface area (Å²) in [6.45, 7) is 3.08. The molecule has 8 heteroatoms. The highest BCUT2D eigenvalue weighted by Crippen LogP contribution is 2.29. The average molecular weight is 399 g/mol. The normalized spacial score (nSPS) is 10.1. The first-order valence-electron chi connectivity index (χ1n) is 9.01. The molecule has 2 rings (SSSR count). The number of methoxy groups -OCH3 is 2. The summed E-state index contributed by atoms with van der Waals surface area (Å²) in [5, 5.41) is 5.45. The monoisotopic (exact) mass is 399 g/mol. The zero-order valence-electron chi connectivity index (χ0n) is 16.9. The molecule has 0 aromatic heterocycles. The van der Waals surface area contributed by atoms with Crippen LogP contribution in [0.25, 0.3) is 0 Å². The van der Waals surface area contributed by atoms with Gasteiger partial charge < -0.3 is 25.0 Å². The fraction of sp³-hybridized carbons (Fsp3) is 0.286. The van der Waals surface area contributed by atoms with Crippen LogP contribution in [-0.4, -0.2) is 38.5 Å². The van der Waals surface area contributed by atoms with Gasteiger partial charge in [-0.05, 0) is 36.4 Å². The molecule has 3 amide bonds. The van der Waals surface area contributed by atoms with Crippen LogP contribution in [0.1, 0.15) is 20.3 Å². The van der Waals surface area contributed by atoms with Gasteiger partial charge in [0.05, 0.1) is 14.2 Å². The Morgan fingerprint density at radius 2 is 1.48 bits per heavy atom. The van der Waals surface area contributed by atoms with Gasteiger partial charge in [0.1, 0.15) is 0 Å². The van der Waals surface area contributed by atoms with Crippen LogP contribution in [0.5, 0.6) is 11.5 Å². The van der Waals surface area contributed by atoms with Crippen molar-refractivity contribution in [1.29, 1.82) is 0 Å². The molecule has 0 heterocycles. The lowest BCUT2D eigenvalue weighted by Gasteiger charge is -2.21. The zero-order chi connectivity index (χ0) is 21.4. The van der Waals surface area contributed by atoms with Crippen molar-refractivity contribution in [3.8, 4) is 11.5 Å². The van der Waals surface area contributed by atoms with E-state index < -0.39 is 0 Å². The summed E-state index contributed by atoms with van der Waals surface area (Å²) in [5.74, 6) is 0.480. The Kier molecular flexibility index (Phi) is 7.59. The van der Waals surface area contributed by atoms with Crippen LogP contribution in [0.15, 0.2) is 42.5 Å². The highest BCUT2D eigenvalue weighted by molar-refractivity contribution is 5.95. The predicted octanol–water partition coefficient (Wildman–Crippen LogP) is 3.04. The molecule has 2 N–H and O–H groups in total. The summed E-state index contributed by atoms with van der Waals surface area (Å²) in [6, 6.07) is 11.9. The number of carbonyl (C=O) groups excluding carboxylic acids is 3. The summed E-state index contributed by atoms with van der Waals surface area (Å²) < 4.78 is 10.4. The first-order valence-corrected chi connectivity index (χ1v) is 9.01. The topological polar surface area (TPSA) is 97.0 Å². The second kappa shape index (κ2) is 10.1. The van der Waals surface area contributed by atoms with E-state index in [9.17, 15) is 14.4 Å². The lowest BCUT2D eigenvalue weighted by Crippen LogP contribution is -2.31. The molecule has 0 fully saturated rings. The van der Waals surface area contributed by atoms with Crippen molar-refractivity contribution in [3.05, 3.63) is 42.5 Å². The number of nitrogens with one attached hydrogen (secondary N) is 2. The molecule has 0 saturated carbocycles. The van der Waals surface area contributed by atoms with Crippen molar-refractivity contribution in [2.24, 2.45) is 0 Å². The molecule has 0 unspecified atom stereocenters. The van der Waals surface area contributed by atoms with Gasteiger partial charge in [0.2, 0.25) is 17.7 Å². The highest BCUT2D eigenvalue weighted by Gasteiger charge is 2.14. The van der Waals surface area contributed by atoms with E-state index in [1.54, 1.807) is 42.5 Å². The number of rotatable bonds is 8. The van der Waals surface area contributed by atoms with Gasteiger partial charge in [0, 0.05) is 49.9 Å². The van der Waals surface area contributed by atoms with E-state index in [2.05, 4.69) is 10.6 Å². The van der Waals surface area contributed by atoms with E-state index in [0.29, 0.717) is 28.6 Å². The Bertz CT molecular complexity index is 880. The maximum absolute atomic E-state index is 12.3. The smallest absolute Gasteiger partial charge is 0.226 e. The van der Waals surface area contributed by atoms with Crippen LogP contribution in [0.2, 0.25) is 0 Å². The summed E-state index contributed by atoms with van der Waals surface area (Å²) in [5.41, 5.74) is 1.85. The molecule has 29 heavy (non-hydrogen) atoms. The molecule has 2 aromatic carbocycles. The van der Waals surface area contributed by atoms with Crippen molar-refractivity contribution < 1.29 is 23.9 Å². The van der Waals surface area contributed by atoms with E-state index >= 15 is 0 Å². The zero-order valence-corrected chi connectivity index (χ0v) is 16.9. The highest BCUT2D eigenvalue weighted by atomic mass is 16.5. The van der Waals surface area contributed by atoms with Crippen LogP contribution in [0, 0.1) is 0 Å². The number of hydrogen-bond acceptors (Lipinski definition) is 5. The lowest BCUT2D eigenvalue weighted by atomic mass is 10.2. The largest absolute Gasteiger partial charge is 0.493 e. The Morgan fingerprint density at radius 3 is 2.03 bits per heavy atom. The quantitative estimate of drug-likeness (QED) is 0.711. The third kappa shape index (κ3) is 6.24. The van der Waals surface area contributed by atoms with Gasteiger partial charge in [-0.1, -0.05) is 0 Å². The summed E-state index contributed by atoms with van der Waals surface area (Å²) in [4.78, 5) is 37.0. The van der Waals surface area contributed by atoms with Crippen molar-refractivity contribution >= 4 is 34.8 Å². The minimum atomic E-state index is -0.238. The minimum absolute atomic E-state index is 0.112. The van der Waals surface area contributed by atoms with Gasteiger partial charge in [-0.2, -0.15) is 0 Å². The summed E-state index contributed by atoms with van der Waals surface area (Å²) in [6.07, 6.45) is 0.112. The van der Waals surface area contributed by atoms with Crippen LogP contribution in [0.4, 0.5) is 17.1 Å². The molecular formula is C21H25N3O5. The number of carbonyl (C=O) groups is 3. The third-order valence-corrected chi connectivity index (χ3v) is 4.11. The maximum atomic E-state index is 12.3. The predicted molar refractivity (Wildman–Crippen MR) is 112 cm³/mol. The molecule has 2 aromatic rings. The molecule has 0 atom stereocenters. The number of anilines is 3. The van der Waals surface area contributed by atoms with Gasteiger partial charge in [0.25, 0.3) is 0 Å². The van der Waals surface area contributed by atoms with Crippen molar-refractivity contribution in [2.75, 3.05) is 36.3 Å². The first-order chi connectivity index (χ1) is 13.8. The molecule has 0 aliphatic rings. The van der Waals surface area contributed by atoms with Gasteiger partial charge >= 0.3 is 0 Å². The molecular weight excluding hydrogens is 374 g/mol. The molecule has 0 aliphatic carbocycles. The Morgan fingerprint density at radius 1 is 0.862 bits per heavy atom. The van der Waals surface area contributed by atoms with Gasteiger partial charge in [-0.25, -0.2) is 0 Å². The Labute approximate surface area is 169 Å². The van der Waals surface area contributed by atoms with E-state index in [0.717, 1.165) is 0 Å². The number of amides is 3. The number of benzene rings is 2. The fourth-order valence-electron chi connectivity index (χ4n) is 2.75. The molecule has 0 spiro atoms. The second-order valence-corrected chi connectivity index (χ2v) is 6.27. The fourth-order valence-corrected chi connectivity index (χ4v) is 2.75.